The number of rotatable bonds is 7. The topological polar surface area (TPSA) is 69.7 Å². The van der Waals surface area contributed by atoms with Crippen molar-refractivity contribution in [2.45, 2.75) is 63.3 Å². The summed E-state index contributed by atoms with van der Waals surface area (Å²) >= 11 is 0. The largest absolute Gasteiger partial charge is 0.312 e. The maximum absolute atomic E-state index is 12.8. The SMILES string of the molecule is CCCCN1CCCCC1CNS(=O)(=O)c1ccc2c(c1)CCN2C(C)=O. The van der Waals surface area contributed by atoms with Gasteiger partial charge in [-0.15, -0.1) is 0 Å². The lowest BCUT2D eigenvalue weighted by molar-refractivity contribution is -0.116. The molecular formula is C20H31N3O3S. The van der Waals surface area contributed by atoms with Gasteiger partial charge in [-0.2, -0.15) is 0 Å². The molecule has 2 heterocycles. The average Bonchev–Trinajstić information content (AvgIpc) is 3.09. The average molecular weight is 394 g/mol. The molecule has 0 bridgehead atoms. The lowest BCUT2D eigenvalue weighted by atomic mass is 10.0. The van der Waals surface area contributed by atoms with Crippen molar-refractivity contribution in [3.05, 3.63) is 23.8 Å². The molecule has 7 heteroatoms. The predicted molar refractivity (Wildman–Crippen MR) is 107 cm³/mol. The molecule has 150 valence electrons. The normalized spacial score (nSPS) is 20.7. The van der Waals surface area contributed by atoms with Crippen LogP contribution in [0.25, 0.3) is 0 Å². The van der Waals surface area contributed by atoms with Gasteiger partial charge in [0.2, 0.25) is 15.9 Å². The smallest absolute Gasteiger partial charge is 0.240 e. The molecule has 2 aliphatic rings. The van der Waals surface area contributed by atoms with Crippen LogP contribution in [0.4, 0.5) is 5.69 Å². The predicted octanol–water partition coefficient (Wildman–Crippen LogP) is 2.53. The van der Waals surface area contributed by atoms with Crippen LogP contribution in [0.15, 0.2) is 23.1 Å². The Morgan fingerprint density at radius 1 is 1.26 bits per heavy atom. The molecule has 1 atom stereocenters. The first-order chi connectivity index (χ1) is 12.9. The van der Waals surface area contributed by atoms with Crippen LogP contribution in [-0.4, -0.2) is 51.4 Å². The number of sulfonamides is 1. The van der Waals surface area contributed by atoms with Crippen molar-refractivity contribution in [2.75, 3.05) is 31.1 Å². The molecule has 0 spiro atoms. The minimum Gasteiger partial charge on any atom is -0.312 e. The first kappa shape index (κ1) is 20.3. The number of anilines is 1. The molecule has 0 radical (unpaired) electrons. The van der Waals surface area contributed by atoms with Crippen molar-refractivity contribution in [3.63, 3.8) is 0 Å². The Morgan fingerprint density at radius 2 is 2.07 bits per heavy atom. The lowest BCUT2D eigenvalue weighted by Crippen LogP contribution is -2.46. The number of amides is 1. The minimum atomic E-state index is -3.54. The number of nitrogens with one attached hydrogen (secondary N) is 1. The molecule has 0 aliphatic carbocycles. The zero-order chi connectivity index (χ0) is 19.4. The Balaban J connectivity index is 1.67. The summed E-state index contributed by atoms with van der Waals surface area (Å²) in [4.78, 5) is 16.1. The number of fused-ring (bicyclic) bond motifs is 1. The van der Waals surface area contributed by atoms with Gasteiger partial charge in [0.15, 0.2) is 0 Å². The van der Waals surface area contributed by atoms with E-state index in [1.807, 2.05) is 0 Å². The van der Waals surface area contributed by atoms with Gasteiger partial charge in [0.1, 0.15) is 0 Å². The molecule has 27 heavy (non-hydrogen) atoms. The first-order valence-electron chi connectivity index (χ1n) is 10.1. The second kappa shape index (κ2) is 8.71. The van der Waals surface area contributed by atoms with Crippen molar-refractivity contribution < 1.29 is 13.2 Å². The molecule has 0 aromatic heterocycles. The summed E-state index contributed by atoms with van der Waals surface area (Å²) < 4.78 is 28.4. The van der Waals surface area contributed by atoms with Crippen LogP contribution in [0.5, 0.6) is 0 Å². The van der Waals surface area contributed by atoms with E-state index >= 15 is 0 Å². The number of nitrogens with zero attached hydrogens (tertiary/aromatic N) is 2. The second-order valence-corrected chi connectivity index (χ2v) is 9.37. The van der Waals surface area contributed by atoms with Crippen LogP contribution in [0.3, 0.4) is 0 Å². The van der Waals surface area contributed by atoms with Gasteiger partial charge in [0.25, 0.3) is 0 Å². The van der Waals surface area contributed by atoms with Crippen LogP contribution in [0.2, 0.25) is 0 Å². The summed E-state index contributed by atoms with van der Waals surface area (Å²) in [6.07, 6.45) is 6.41. The van der Waals surface area contributed by atoms with E-state index in [4.69, 9.17) is 0 Å². The molecule has 1 unspecified atom stereocenters. The second-order valence-electron chi connectivity index (χ2n) is 7.60. The highest BCUT2D eigenvalue weighted by atomic mass is 32.2. The highest BCUT2D eigenvalue weighted by Crippen LogP contribution is 2.30. The number of likely N-dealkylation sites (tertiary alicyclic amines) is 1. The third-order valence-corrected chi connectivity index (χ3v) is 7.12. The molecular weight excluding hydrogens is 362 g/mol. The van der Waals surface area contributed by atoms with E-state index in [9.17, 15) is 13.2 Å². The zero-order valence-corrected chi connectivity index (χ0v) is 17.2. The van der Waals surface area contributed by atoms with Gasteiger partial charge in [-0.3, -0.25) is 9.69 Å². The molecule has 0 saturated carbocycles. The van der Waals surface area contributed by atoms with Crippen molar-refractivity contribution in [1.29, 1.82) is 0 Å². The zero-order valence-electron chi connectivity index (χ0n) is 16.4. The monoisotopic (exact) mass is 393 g/mol. The van der Waals surface area contributed by atoms with E-state index in [0.717, 1.165) is 50.0 Å². The summed E-state index contributed by atoms with van der Waals surface area (Å²) in [5.41, 5.74) is 1.76. The summed E-state index contributed by atoms with van der Waals surface area (Å²) in [6, 6.07) is 5.36. The molecule has 2 aliphatic heterocycles. The Kier molecular flexibility index (Phi) is 6.55. The van der Waals surface area contributed by atoms with Gasteiger partial charge in [-0.05, 0) is 62.5 Å². The first-order valence-corrected chi connectivity index (χ1v) is 11.6. The van der Waals surface area contributed by atoms with Crippen LogP contribution < -0.4 is 9.62 Å². The van der Waals surface area contributed by atoms with Crippen molar-refractivity contribution >= 4 is 21.6 Å². The van der Waals surface area contributed by atoms with Gasteiger partial charge in [0.05, 0.1) is 4.90 Å². The number of carbonyl (C=O) groups excluding carboxylic acids is 1. The summed E-state index contributed by atoms with van der Waals surface area (Å²) in [5.74, 6) is -0.00745. The van der Waals surface area contributed by atoms with Crippen LogP contribution >= 0.6 is 0 Å². The highest BCUT2D eigenvalue weighted by molar-refractivity contribution is 7.89. The fraction of sp³-hybridized carbons (Fsp3) is 0.650. The lowest BCUT2D eigenvalue weighted by Gasteiger charge is -2.35. The standard InChI is InChI=1S/C20H31N3O3S/c1-3-4-11-22-12-6-5-7-18(22)15-21-27(25,26)19-8-9-20-17(14-19)10-13-23(20)16(2)24/h8-9,14,18,21H,3-7,10-13,15H2,1-2H3. The van der Waals surface area contributed by atoms with E-state index in [2.05, 4.69) is 16.5 Å². The maximum Gasteiger partial charge on any atom is 0.240 e. The van der Waals surface area contributed by atoms with E-state index in [0.29, 0.717) is 24.4 Å². The van der Waals surface area contributed by atoms with Crippen LogP contribution in [0, 0.1) is 0 Å². The quantitative estimate of drug-likeness (QED) is 0.773. The molecule has 1 fully saturated rings. The Morgan fingerprint density at radius 3 is 2.81 bits per heavy atom. The summed E-state index contributed by atoms with van der Waals surface area (Å²) in [7, 11) is -3.54. The van der Waals surface area contributed by atoms with Gasteiger partial charge in [-0.25, -0.2) is 13.1 Å². The van der Waals surface area contributed by atoms with Gasteiger partial charge in [-0.1, -0.05) is 19.8 Å². The van der Waals surface area contributed by atoms with Crippen LogP contribution in [-0.2, 0) is 21.2 Å². The molecule has 1 aromatic carbocycles. The molecule has 1 N–H and O–H groups in total. The molecule has 6 nitrogen and oxygen atoms in total. The van der Waals surface area contributed by atoms with Crippen molar-refractivity contribution in [1.82, 2.24) is 9.62 Å². The third-order valence-electron chi connectivity index (χ3n) is 5.69. The molecule has 1 saturated heterocycles. The Labute approximate surface area is 163 Å². The van der Waals surface area contributed by atoms with Crippen molar-refractivity contribution in [3.8, 4) is 0 Å². The van der Waals surface area contributed by atoms with Gasteiger partial charge < -0.3 is 4.90 Å². The number of piperidine rings is 1. The number of benzene rings is 1. The molecule has 1 amide bonds. The fourth-order valence-electron chi connectivity index (χ4n) is 4.11. The van der Waals surface area contributed by atoms with E-state index < -0.39 is 10.0 Å². The molecule has 3 rings (SSSR count). The maximum atomic E-state index is 12.8. The fourth-order valence-corrected chi connectivity index (χ4v) is 5.23. The van der Waals surface area contributed by atoms with Crippen LogP contribution in [0.1, 0.15) is 51.5 Å². The molecule has 1 aromatic rings. The minimum absolute atomic E-state index is 0.00745. The van der Waals surface area contributed by atoms with E-state index in [1.54, 1.807) is 23.1 Å². The van der Waals surface area contributed by atoms with E-state index in [-0.39, 0.29) is 11.9 Å². The highest BCUT2D eigenvalue weighted by Gasteiger charge is 2.27. The summed E-state index contributed by atoms with van der Waals surface area (Å²) in [6.45, 7) is 6.91. The Hall–Kier alpha value is -1.44. The number of hydrogen-bond acceptors (Lipinski definition) is 4. The Bertz CT molecular complexity index is 779. The number of carbonyl (C=O) groups is 1. The van der Waals surface area contributed by atoms with Crippen molar-refractivity contribution in [2.24, 2.45) is 0 Å². The number of hydrogen-bond donors (Lipinski definition) is 1. The number of unbranched alkanes of at least 4 members (excludes halogenated alkanes) is 1. The van der Waals surface area contributed by atoms with Gasteiger partial charge in [0, 0.05) is 31.7 Å². The van der Waals surface area contributed by atoms with E-state index in [1.165, 1.54) is 13.3 Å². The van der Waals surface area contributed by atoms with Gasteiger partial charge >= 0.3 is 0 Å². The summed E-state index contributed by atoms with van der Waals surface area (Å²) in [5, 5.41) is 0. The third kappa shape index (κ3) is 4.70.